The van der Waals surface area contributed by atoms with Crippen molar-refractivity contribution >= 4 is 11.7 Å². The normalized spacial score (nSPS) is 10.4. The van der Waals surface area contributed by atoms with Crippen LogP contribution in [0.25, 0.3) is 0 Å². The van der Waals surface area contributed by atoms with Crippen LogP contribution in [0.2, 0.25) is 0 Å². The van der Waals surface area contributed by atoms with Crippen LogP contribution in [0.5, 0.6) is 0 Å². The van der Waals surface area contributed by atoms with Crippen molar-refractivity contribution < 1.29 is 9.59 Å². The lowest BCUT2D eigenvalue weighted by Gasteiger charge is -2.18. The van der Waals surface area contributed by atoms with E-state index in [1.54, 1.807) is 0 Å². The number of benzene rings is 2. The zero-order chi connectivity index (χ0) is 15.1. The first-order valence-electron chi connectivity index (χ1n) is 7.03. The van der Waals surface area contributed by atoms with Gasteiger partial charge in [-0.3, -0.25) is 9.59 Å². The Bertz CT molecular complexity index is 554. The van der Waals surface area contributed by atoms with Crippen molar-refractivity contribution in [3.05, 3.63) is 71.8 Å². The van der Waals surface area contributed by atoms with Gasteiger partial charge in [0.05, 0.1) is 6.42 Å². The molecule has 0 aliphatic rings. The number of carbonyl (C=O) groups excluding carboxylic acids is 2. The molecule has 0 fully saturated rings. The molecule has 0 radical (unpaired) electrons. The third-order valence-electron chi connectivity index (χ3n) is 3.32. The van der Waals surface area contributed by atoms with Crippen LogP contribution < -0.4 is 5.32 Å². The van der Waals surface area contributed by atoms with Gasteiger partial charge in [0.15, 0.2) is 0 Å². The third kappa shape index (κ3) is 4.56. The maximum Gasteiger partial charge on any atom is 0.227 e. The molecule has 3 nitrogen and oxygen atoms in total. The minimum atomic E-state index is -0.223. The summed E-state index contributed by atoms with van der Waals surface area (Å²) in [5.41, 5.74) is 2.29. The number of carbonyl (C=O) groups is 2. The van der Waals surface area contributed by atoms with Crippen molar-refractivity contribution in [1.29, 1.82) is 0 Å². The highest BCUT2D eigenvalue weighted by Gasteiger charge is 2.15. The first-order valence-corrected chi connectivity index (χ1v) is 7.03. The molecule has 0 aliphatic carbocycles. The summed E-state index contributed by atoms with van der Waals surface area (Å²) in [5, 5.41) is 2.85. The van der Waals surface area contributed by atoms with Crippen LogP contribution in [0.4, 0.5) is 0 Å². The number of rotatable bonds is 6. The Morgan fingerprint density at radius 1 is 0.905 bits per heavy atom. The number of amides is 1. The Hall–Kier alpha value is -2.42. The Morgan fingerprint density at radius 2 is 1.38 bits per heavy atom. The van der Waals surface area contributed by atoms with Crippen molar-refractivity contribution in [2.24, 2.45) is 0 Å². The van der Waals surface area contributed by atoms with Crippen molar-refractivity contribution in [2.75, 3.05) is 6.54 Å². The summed E-state index contributed by atoms with van der Waals surface area (Å²) in [6, 6.07) is 20.1. The van der Waals surface area contributed by atoms with Gasteiger partial charge in [-0.1, -0.05) is 60.7 Å². The predicted octanol–water partition coefficient (Wildman–Crippen LogP) is 2.91. The fourth-order valence-corrected chi connectivity index (χ4v) is 2.30. The fraction of sp³-hybridized carbons (Fsp3) is 0.222. The lowest BCUT2D eigenvalue weighted by molar-refractivity contribution is -0.127. The monoisotopic (exact) mass is 281 g/mol. The summed E-state index contributed by atoms with van der Waals surface area (Å²) in [6.45, 7) is 1.91. The molecular formula is C18H19NO2. The van der Waals surface area contributed by atoms with Crippen LogP contribution in [-0.2, 0) is 9.59 Å². The second kappa shape index (κ2) is 7.39. The number of hydrogen-bond donors (Lipinski definition) is 1. The lowest BCUT2D eigenvalue weighted by Crippen LogP contribution is -2.30. The topological polar surface area (TPSA) is 46.2 Å². The Balaban J connectivity index is 2.14. The molecule has 1 amide bonds. The van der Waals surface area contributed by atoms with E-state index in [4.69, 9.17) is 0 Å². The minimum absolute atomic E-state index is 0.0592. The first kappa shape index (κ1) is 15.0. The van der Waals surface area contributed by atoms with Crippen molar-refractivity contribution in [3.63, 3.8) is 0 Å². The summed E-state index contributed by atoms with van der Waals surface area (Å²) in [7, 11) is 0. The van der Waals surface area contributed by atoms with Gasteiger partial charge in [-0.2, -0.15) is 0 Å². The van der Waals surface area contributed by atoms with E-state index in [9.17, 15) is 9.59 Å². The molecule has 0 bridgehead atoms. The van der Waals surface area contributed by atoms with Gasteiger partial charge in [-0.15, -0.1) is 0 Å². The van der Waals surface area contributed by atoms with Crippen LogP contribution in [0.1, 0.15) is 30.4 Å². The fourth-order valence-electron chi connectivity index (χ4n) is 2.30. The maximum absolute atomic E-state index is 11.7. The van der Waals surface area contributed by atoms with Crippen molar-refractivity contribution in [3.8, 4) is 0 Å². The van der Waals surface area contributed by atoms with E-state index in [-0.39, 0.29) is 24.0 Å². The molecule has 2 aromatic carbocycles. The SMILES string of the molecule is CC(=O)CC(=O)NCC(c1ccccc1)c1ccccc1. The van der Waals surface area contributed by atoms with Gasteiger partial charge in [0.2, 0.25) is 5.91 Å². The summed E-state index contributed by atoms with van der Waals surface area (Å²) in [6.07, 6.45) is -0.0592. The van der Waals surface area contributed by atoms with E-state index in [1.165, 1.54) is 6.92 Å². The Labute approximate surface area is 125 Å². The molecular weight excluding hydrogens is 262 g/mol. The molecule has 2 rings (SSSR count). The molecule has 108 valence electrons. The van der Waals surface area contributed by atoms with Crippen molar-refractivity contribution in [2.45, 2.75) is 19.3 Å². The van der Waals surface area contributed by atoms with E-state index < -0.39 is 0 Å². The molecule has 0 atom stereocenters. The lowest BCUT2D eigenvalue weighted by atomic mass is 9.91. The second-order valence-electron chi connectivity index (χ2n) is 5.06. The minimum Gasteiger partial charge on any atom is -0.355 e. The van der Waals surface area contributed by atoms with E-state index >= 15 is 0 Å². The van der Waals surface area contributed by atoms with Gasteiger partial charge >= 0.3 is 0 Å². The second-order valence-corrected chi connectivity index (χ2v) is 5.06. The summed E-state index contributed by atoms with van der Waals surface area (Å²) in [4.78, 5) is 22.7. The van der Waals surface area contributed by atoms with Gasteiger partial charge in [0.1, 0.15) is 5.78 Å². The smallest absolute Gasteiger partial charge is 0.227 e. The molecule has 0 aromatic heterocycles. The van der Waals surface area contributed by atoms with Gasteiger partial charge in [-0.25, -0.2) is 0 Å². The highest BCUT2D eigenvalue weighted by Crippen LogP contribution is 2.23. The number of nitrogens with one attached hydrogen (secondary N) is 1. The van der Waals surface area contributed by atoms with Crippen molar-refractivity contribution in [1.82, 2.24) is 5.32 Å². The Kier molecular flexibility index (Phi) is 5.27. The standard InChI is InChI=1S/C18H19NO2/c1-14(20)12-18(21)19-13-17(15-8-4-2-5-9-15)16-10-6-3-7-11-16/h2-11,17H,12-13H2,1H3,(H,19,21). The predicted molar refractivity (Wildman–Crippen MR) is 83.0 cm³/mol. The summed E-state index contributed by atoms with van der Waals surface area (Å²) < 4.78 is 0. The van der Waals surface area contributed by atoms with E-state index in [0.29, 0.717) is 6.54 Å². The zero-order valence-corrected chi connectivity index (χ0v) is 12.1. The summed E-state index contributed by atoms with van der Waals surface area (Å²) >= 11 is 0. The van der Waals surface area contributed by atoms with Crippen LogP contribution in [0, 0.1) is 0 Å². The van der Waals surface area contributed by atoms with Gasteiger partial charge in [-0.05, 0) is 18.1 Å². The molecule has 2 aromatic rings. The molecule has 0 heterocycles. The third-order valence-corrected chi connectivity index (χ3v) is 3.32. The Morgan fingerprint density at radius 3 is 1.81 bits per heavy atom. The molecule has 0 aliphatic heterocycles. The van der Waals surface area contributed by atoms with E-state index in [1.807, 2.05) is 36.4 Å². The van der Waals surface area contributed by atoms with Gasteiger partial charge < -0.3 is 5.32 Å². The van der Waals surface area contributed by atoms with Crippen LogP contribution >= 0.6 is 0 Å². The maximum atomic E-state index is 11.7. The molecule has 0 unspecified atom stereocenters. The molecule has 0 saturated carbocycles. The van der Waals surface area contributed by atoms with Crippen LogP contribution in [0.15, 0.2) is 60.7 Å². The molecule has 1 N–H and O–H groups in total. The number of ketones is 1. The number of Topliss-reactive ketones (excluding diaryl/α,β-unsaturated/α-hetero) is 1. The molecule has 0 spiro atoms. The molecule has 0 saturated heterocycles. The largest absolute Gasteiger partial charge is 0.355 e. The van der Waals surface area contributed by atoms with Crippen LogP contribution in [0.3, 0.4) is 0 Å². The van der Waals surface area contributed by atoms with E-state index in [0.717, 1.165) is 11.1 Å². The molecule has 21 heavy (non-hydrogen) atoms. The van der Waals surface area contributed by atoms with Gasteiger partial charge in [0.25, 0.3) is 0 Å². The van der Waals surface area contributed by atoms with Crippen LogP contribution in [-0.4, -0.2) is 18.2 Å². The van der Waals surface area contributed by atoms with Gasteiger partial charge in [0, 0.05) is 12.5 Å². The highest BCUT2D eigenvalue weighted by molar-refractivity contribution is 5.96. The average Bonchev–Trinajstić information content (AvgIpc) is 2.49. The quantitative estimate of drug-likeness (QED) is 0.828. The highest BCUT2D eigenvalue weighted by atomic mass is 16.2. The number of hydrogen-bond acceptors (Lipinski definition) is 2. The van der Waals surface area contributed by atoms with E-state index in [2.05, 4.69) is 29.6 Å². The first-order chi connectivity index (χ1) is 10.2. The molecule has 3 heteroatoms. The zero-order valence-electron chi connectivity index (χ0n) is 12.1. The summed E-state index contributed by atoms with van der Waals surface area (Å²) in [5.74, 6) is -0.258. The average molecular weight is 281 g/mol.